The molecule has 2 aromatic heterocycles. The van der Waals surface area contributed by atoms with E-state index in [2.05, 4.69) is 187 Å². The lowest BCUT2D eigenvalue weighted by Crippen LogP contribution is -2.62. The summed E-state index contributed by atoms with van der Waals surface area (Å²) in [4.78, 5) is 5.26. The summed E-state index contributed by atoms with van der Waals surface area (Å²) < 4.78 is 9.47. The molecule has 8 aromatic carbocycles. The highest BCUT2D eigenvalue weighted by Gasteiger charge is 2.50. The van der Waals surface area contributed by atoms with Crippen molar-refractivity contribution in [3.05, 3.63) is 175 Å². The van der Waals surface area contributed by atoms with Crippen LogP contribution in [-0.2, 0) is 5.41 Å². The maximum absolute atomic E-state index is 6.85. The monoisotopic (exact) mass is 732 g/mol. The number of anilines is 5. The average Bonchev–Trinajstić information content (AvgIpc) is 3.82. The summed E-state index contributed by atoms with van der Waals surface area (Å²) in [5.41, 5.74) is 18.0. The quantitative estimate of drug-likeness (QED) is 0.165. The van der Waals surface area contributed by atoms with Crippen molar-refractivity contribution in [2.45, 2.75) is 19.3 Å². The van der Waals surface area contributed by atoms with Crippen LogP contribution in [0.4, 0.5) is 28.4 Å². The van der Waals surface area contributed by atoms with Crippen molar-refractivity contribution < 1.29 is 4.42 Å². The Morgan fingerprint density at radius 2 is 1.29 bits per heavy atom. The van der Waals surface area contributed by atoms with Gasteiger partial charge in [-0.3, -0.25) is 0 Å². The number of benzene rings is 8. The predicted molar refractivity (Wildman–Crippen MR) is 238 cm³/mol. The van der Waals surface area contributed by atoms with E-state index in [1.807, 2.05) is 11.3 Å². The van der Waals surface area contributed by atoms with Crippen LogP contribution in [0.1, 0.15) is 25.0 Å². The molecular formula is C51H33BN2OS. The first-order chi connectivity index (χ1) is 27.6. The lowest BCUT2D eigenvalue weighted by molar-refractivity contribution is 0.632. The van der Waals surface area contributed by atoms with Gasteiger partial charge in [0.2, 0.25) is 0 Å². The van der Waals surface area contributed by atoms with Gasteiger partial charge in [0, 0.05) is 66.0 Å². The van der Waals surface area contributed by atoms with Crippen LogP contribution in [0.5, 0.6) is 0 Å². The van der Waals surface area contributed by atoms with Gasteiger partial charge in [0.15, 0.2) is 0 Å². The van der Waals surface area contributed by atoms with E-state index in [4.69, 9.17) is 4.42 Å². The molecule has 0 aliphatic carbocycles. The molecule has 0 atom stereocenters. The molecule has 3 nitrogen and oxygen atoms in total. The molecule has 3 aliphatic heterocycles. The third-order valence-corrected chi connectivity index (χ3v) is 14.0. The zero-order valence-electron chi connectivity index (χ0n) is 30.9. The topological polar surface area (TPSA) is 19.6 Å². The molecule has 5 heteroatoms. The first kappa shape index (κ1) is 30.7. The molecule has 0 bridgehead atoms. The summed E-state index contributed by atoms with van der Waals surface area (Å²) in [6.45, 7) is 4.67. The minimum absolute atomic E-state index is 0.111. The van der Waals surface area contributed by atoms with Gasteiger partial charge in [0.05, 0.1) is 10.4 Å². The first-order valence-corrected chi connectivity index (χ1v) is 20.3. The van der Waals surface area contributed by atoms with Gasteiger partial charge >= 0.3 is 6.85 Å². The van der Waals surface area contributed by atoms with Gasteiger partial charge < -0.3 is 14.1 Å². The predicted octanol–water partition coefficient (Wildman–Crippen LogP) is 13.0. The molecule has 0 unspecified atom stereocenters. The summed E-state index contributed by atoms with van der Waals surface area (Å²) in [7, 11) is 0. The molecule has 0 amide bonds. The third kappa shape index (κ3) is 3.83. The number of furan rings is 1. The van der Waals surface area contributed by atoms with Gasteiger partial charge in [-0.15, -0.1) is 11.3 Å². The lowest BCUT2D eigenvalue weighted by atomic mass is 9.42. The Bertz CT molecular complexity index is 3320. The normalized spacial score (nSPS) is 14.6. The second kappa shape index (κ2) is 10.8. The number of hydrogen-bond donors (Lipinski definition) is 0. The summed E-state index contributed by atoms with van der Waals surface area (Å²) in [6, 6.07) is 60.7. The standard InChI is InChI=1S/C51H33BN2OS/c1-51(2)36-19-8-9-22-39(36)53-42-29-44-46(35-17-6-10-24-43(35)55-44)47-34-27-26-31(30-14-4-3-5-15-30)28-41(34)54(52(48(42)47)38-21-13-20-37(51)49(38)53)40-23-12-18-33-32-16-7-11-25-45(32)56-50(33)40/h3-29H,1-2H3. The van der Waals surface area contributed by atoms with E-state index in [1.165, 1.54) is 98.3 Å². The van der Waals surface area contributed by atoms with Crippen molar-refractivity contribution in [3.63, 3.8) is 0 Å². The molecule has 13 rings (SSSR count). The molecule has 5 heterocycles. The van der Waals surface area contributed by atoms with Crippen LogP contribution in [0.15, 0.2) is 168 Å². The molecule has 0 saturated carbocycles. The van der Waals surface area contributed by atoms with Crippen molar-refractivity contribution in [1.29, 1.82) is 0 Å². The second-order valence-electron chi connectivity index (χ2n) is 16.0. The fraction of sp³-hybridized carbons (Fsp3) is 0.0588. The maximum Gasteiger partial charge on any atom is 0.333 e. The number of nitrogens with zero attached hydrogens (tertiary/aromatic N) is 2. The molecule has 0 fully saturated rings. The Morgan fingerprint density at radius 3 is 2.20 bits per heavy atom. The molecule has 10 aromatic rings. The van der Waals surface area contributed by atoms with Gasteiger partial charge in [-0.25, -0.2) is 0 Å². The fourth-order valence-corrected chi connectivity index (χ4v) is 11.6. The second-order valence-corrected chi connectivity index (χ2v) is 17.1. The Labute approximate surface area is 328 Å². The van der Waals surface area contributed by atoms with E-state index in [0.29, 0.717) is 0 Å². The van der Waals surface area contributed by atoms with Gasteiger partial charge in [0.25, 0.3) is 0 Å². The van der Waals surface area contributed by atoms with E-state index >= 15 is 0 Å². The highest BCUT2D eigenvalue weighted by Crippen LogP contribution is 2.57. The molecule has 262 valence electrons. The van der Waals surface area contributed by atoms with Crippen molar-refractivity contribution in [1.82, 2.24) is 0 Å². The van der Waals surface area contributed by atoms with Crippen LogP contribution in [0, 0.1) is 0 Å². The average molecular weight is 733 g/mol. The molecule has 0 saturated heterocycles. The summed E-state index contributed by atoms with van der Waals surface area (Å²) >= 11 is 1.90. The van der Waals surface area contributed by atoms with Gasteiger partial charge in [-0.1, -0.05) is 141 Å². The Kier molecular flexibility index (Phi) is 5.93. The van der Waals surface area contributed by atoms with Gasteiger partial charge in [-0.2, -0.15) is 0 Å². The van der Waals surface area contributed by atoms with Crippen LogP contribution in [0.2, 0.25) is 0 Å². The van der Waals surface area contributed by atoms with Crippen LogP contribution in [0.3, 0.4) is 0 Å². The number of para-hydroxylation sites is 3. The fourth-order valence-electron chi connectivity index (χ4n) is 10.4. The van der Waals surface area contributed by atoms with E-state index in [0.717, 1.165) is 16.6 Å². The third-order valence-electron chi connectivity index (χ3n) is 12.8. The molecule has 0 N–H and O–H groups in total. The van der Waals surface area contributed by atoms with Crippen LogP contribution >= 0.6 is 11.3 Å². The van der Waals surface area contributed by atoms with Crippen molar-refractivity contribution in [3.8, 4) is 22.3 Å². The van der Waals surface area contributed by atoms with Crippen LogP contribution < -0.4 is 20.6 Å². The summed E-state index contributed by atoms with van der Waals surface area (Å²) in [5, 5.41) is 4.94. The van der Waals surface area contributed by atoms with Gasteiger partial charge in [-0.05, 0) is 69.1 Å². The molecule has 3 aliphatic rings. The van der Waals surface area contributed by atoms with Gasteiger partial charge in [0.1, 0.15) is 11.2 Å². The van der Waals surface area contributed by atoms with E-state index in [1.54, 1.807) is 0 Å². The van der Waals surface area contributed by atoms with Crippen LogP contribution in [-0.4, -0.2) is 6.85 Å². The SMILES string of the molecule is CC1(C)c2ccccc2N2c3cc4oc5ccccc5c4c4c3B(c3cccc1c32)N(c1cccc2c1sc1ccccc12)c1cc(-c2ccccc2)ccc1-4. The van der Waals surface area contributed by atoms with Crippen LogP contribution in [0.25, 0.3) is 64.4 Å². The number of thiophene rings is 1. The van der Waals surface area contributed by atoms with Crippen molar-refractivity contribution in [2.75, 3.05) is 9.71 Å². The number of rotatable bonds is 2. The van der Waals surface area contributed by atoms with Crippen molar-refractivity contribution >= 4 is 99.7 Å². The molecular weight excluding hydrogens is 699 g/mol. The zero-order chi connectivity index (χ0) is 36.9. The first-order valence-electron chi connectivity index (χ1n) is 19.5. The maximum atomic E-state index is 6.85. The van der Waals surface area contributed by atoms with E-state index in [-0.39, 0.29) is 12.3 Å². The minimum atomic E-state index is -0.203. The number of fused-ring (bicyclic) bond motifs is 13. The minimum Gasteiger partial charge on any atom is -0.456 e. The summed E-state index contributed by atoms with van der Waals surface area (Å²) in [5.74, 6) is 0. The smallest absolute Gasteiger partial charge is 0.333 e. The Hall–Kier alpha value is -6.56. The highest BCUT2D eigenvalue weighted by atomic mass is 32.1. The lowest BCUT2D eigenvalue weighted by Gasteiger charge is -2.50. The van der Waals surface area contributed by atoms with E-state index in [9.17, 15) is 0 Å². The largest absolute Gasteiger partial charge is 0.456 e. The molecule has 0 spiro atoms. The van der Waals surface area contributed by atoms with E-state index < -0.39 is 0 Å². The molecule has 0 radical (unpaired) electrons. The van der Waals surface area contributed by atoms with Crippen molar-refractivity contribution in [2.24, 2.45) is 0 Å². The Morgan fingerprint density at radius 1 is 0.554 bits per heavy atom. The number of hydrogen-bond acceptors (Lipinski definition) is 4. The zero-order valence-corrected chi connectivity index (χ0v) is 31.7. The molecule has 56 heavy (non-hydrogen) atoms. The highest BCUT2D eigenvalue weighted by molar-refractivity contribution is 7.26. The summed E-state index contributed by atoms with van der Waals surface area (Å²) in [6.07, 6.45) is 0. The Balaban J connectivity index is 1.24.